The maximum Gasteiger partial charge on any atom is 0.416 e. The Hall–Kier alpha value is -1.19. The molecule has 0 aromatic heterocycles. The van der Waals surface area contributed by atoms with Gasteiger partial charge in [0.25, 0.3) is 0 Å². The van der Waals surface area contributed by atoms with Gasteiger partial charge in [-0.15, -0.1) is 0 Å². The maximum absolute atomic E-state index is 12.4. The summed E-state index contributed by atoms with van der Waals surface area (Å²) in [5, 5.41) is 3.21. The second-order valence-electron chi connectivity index (χ2n) is 5.92. The molecule has 1 N–H and O–H groups in total. The second-order valence-corrected chi connectivity index (χ2v) is 5.92. The topological polar surface area (TPSA) is 12.0 Å². The molecular weight excluding hydrogens is 263 g/mol. The lowest BCUT2D eigenvalue weighted by Crippen LogP contribution is -2.15. The molecule has 0 heterocycles. The van der Waals surface area contributed by atoms with Crippen molar-refractivity contribution >= 4 is 5.69 Å². The van der Waals surface area contributed by atoms with Crippen molar-refractivity contribution in [3.05, 3.63) is 29.8 Å². The highest BCUT2D eigenvalue weighted by molar-refractivity contribution is 5.45. The van der Waals surface area contributed by atoms with E-state index in [0.29, 0.717) is 0 Å². The van der Waals surface area contributed by atoms with Crippen LogP contribution in [0.2, 0.25) is 0 Å². The average molecular weight is 285 g/mol. The van der Waals surface area contributed by atoms with Crippen molar-refractivity contribution in [3.63, 3.8) is 0 Å². The van der Waals surface area contributed by atoms with Crippen molar-refractivity contribution < 1.29 is 13.2 Å². The average Bonchev–Trinajstić information content (AvgIpc) is 2.41. The summed E-state index contributed by atoms with van der Waals surface area (Å²) in [6.45, 7) is 3.14. The number of halogens is 3. The van der Waals surface area contributed by atoms with Crippen LogP contribution in [0.3, 0.4) is 0 Å². The molecule has 1 saturated carbocycles. The first kappa shape index (κ1) is 15.2. The zero-order valence-electron chi connectivity index (χ0n) is 11.8. The van der Waals surface area contributed by atoms with E-state index in [-0.39, 0.29) is 0 Å². The van der Waals surface area contributed by atoms with Crippen LogP contribution in [-0.2, 0) is 6.18 Å². The highest BCUT2D eigenvalue weighted by Crippen LogP contribution is 2.31. The molecule has 0 spiro atoms. The SMILES string of the molecule is CC1CCC(CCNc2ccc(C(F)(F)F)cc2)CC1. The van der Waals surface area contributed by atoms with E-state index in [1.807, 2.05) is 0 Å². The fraction of sp³-hybridized carbons (Fsp3) is 0.625. The van der Waals surface area contributed by atoms with Crippen LogP contribution in [0.15, 0.2) is 24.3 Å². The first-order chi connectivity index (χ1) is 9.45. The van der Waals surface area contributed by atoms with Gasteiger partial charge in [0.1, 0.15) is 0 Å². The summed E-state index contributed by atoms with van der Waals surface area (Å²) in [6, 6.07) is 5.27. The number of rotatable bonds is 4. The predicted molar refractivity (Wildman–Crippen MR) is 75.7 cm³/mol. The number of benzene rings is 1. The third-order valence-electron chi connectivity index (χ3n) is 4.23. The van der Waals surface area contributed by atoms with Crippen molar-refractivity contribution in [1.29, 1.82) is 0 Å². The van der Waals surface area contributed by atoms with Crippen LogP contribution in [0.25, 0.3) is 0 Å². The standard InChI is InChI=1S/C16H22F3N/c1-12-2-4-13(5-3-12)10-11-20-15-8-6-14(7-9-15)16(17,18)19/h6-9,12-13,20H,2-5,10-11H2,1H3. The van der Waals surface area contributed by atoms with E-state index < -0.39 is 11.7 Å². The molecule has 1 fully saturated rings. The lowest BCUT2D eigenvalue weighted by Gasteiger charge is -2.26. The maximum atomic E-state index is 12.4. The van der Waals surface area contributed by atoms with Gasteiger partial charge in [-0.1, -0.05) is 32.6 Å². The van der Waals surface area contributed by atoms with Crippen molar-refractivity contribution in [2.75, 3.05) is 11.9 Å². The van der Waals surface area contributed by atoms with Crippen LogP contribution >= 0.6 is 0 Å². The zero-order valence-corrected chi connectivity index (χ0v) is 11.8. The Balaban J connectivity index is 1.74. The molecule has 2 rings (SSSR count). The third-order valence-corrected chi connectivity index (χ3v) is 4.23. The summed E-state index contributed by atoms with van der Waals surface area (Å²) < 4.78 is 37.3. The molecule has 4 heteroatoms. The highest BCUT2D eigenvalue weighted by Gasteiger charge is 2.29. The molecular formula is C16H22F3N. The van der Waals surface area contributed by atoms with Crippen LogP contribution in [0, 0.1) is 11.8 Å². The zero-order chi connectivity index (χ0) is 14.6. The molecule has 1 aromatic carbocycles. The van der Waals surface area contributed by atoms with Gasteiger partial charge in [-0.25, -0.2) is 0 Å². The fourth-order valence-electron chi connectivity index (χ4n) is 2.82. The summed E-state index contributed by atoms with van der Waals surface area (Å²) in [5.74, 6) is 1.63. The lowest BCUT2D eigenvalue weighted by molar-refractivity contribution is -0.137. The van der Waals surface area contributed by atoms with E-state index in [4.69, 9.17) is 0 Å². The van der Waals surface area contributed by atoms with E-state index >= 15 is 0 Å². The quantitative estimate of drug-likeness (QED) is 0.788. The molecule has 1 aromatic rings. The van der Waals surface area contributed by atoms with Gasteiger partial charge in [-0.3, -0.25) is 0 Å². The molecule has 1 nitrogen and oxygen atoms in total. The van der Waals surface area contributed by atoms with E-state index in [1.54, 1.807) is 0 Å². The van der Waals surface area contributed by atoms with Gasteiger partial charge in [0, 0.05) is 12.2 Å². The van der Waals surface area contributed by atoms with E-state index in [2.05, 4.69) is 12.2 Å². The Kier molecular flexibility index (Phi) is 4.95. The van der Waals surface area contributed by atoms with Crippen molar-refractivity contribution in [2.24, 2.45) is 11.8 Å². The minimum atomic E-state index is -4.25. The summed E-state index contributed by atoms with van der Waals surface area (Å²) in [5.41, 5.74) is 0.173. The molecule has 0 saturated heterocycles. The Bertz CT molecular complexity index is 403. The van der Waals surface area contributed by atoms with Crippen molar-refractivity contribution in [2.45, 2.75) is 45.2 Å². The molecule has 20 heavy (non-hydrogen) atoms. The summed E-state index contributed by atoms with van der Waals surface area (Å²) in [4.78, 5) is 0. The van der Waals surface area contributed by atoms with Crippen LogP contribution in [0.4, 0.5) is 18.9 Å². The molecule has 0 aliphatic heterocycles. The minimum absolute atomic E-state index is 0.593. The van der Waals surface area contributed by atoms with Gasteiger partial charge in [0.15, 0.2) is 0 Å². The summed E-state index contributed by atoms with van der Waals surface area (Å²) in [7, 11) is 0. The van der Waals surface area contributed by atoms with E-state index in [9.17, 15) is 13.2 Å². The number of hydrogen-bond donors (Lipinski definition) is 1. The first-order valence-electron chi connectivity index (χ1n) is 7.36. The smallest absolute Gasteiger partial charge is 0.385 e. The number of alkyl halides is 3. The van der Waals surface area contributed by atoms with Gasteiger partial charge in [-0.05, 0) is 42.5 Å². The summed E-state index contributed by atoms with van der Waals surface area (Å²) >= 11 is 0. The van der Waals surface area contributed by atoms with Crippen molar-refractivity contribution in [3.8, 4) is 0 Å². The van der Waals surface area contributed by atoms with E-state index in [0.717, 1.165) is 42.6 Å². The lowest BCUT2D eigenvalue weighted by atomic mass is 9.81. The molecule has 0 atom stereocenters. The molecule has 0 amide bonds. The molecule has 112 valence electrons. The van der Waals surface area contributed by atoms with Gasteiger partial charge in [0.2, 0.25) is 0 Å². The molecule has 0 bridgehead atoms. The van der Waals surface area contributed by atoms with Crippen LogP contribution in [0.1, 0.15) is 44.6 Å². The Morgan fingerprint density at radius 2 is 1.65 bits per heavy atom. The normalized spacial score (nSPS) is 23.6. The fourth-order valence-corrected chi connectivity index (χ4v) is 2.82. The van der Waals surface area contributed by atoms with Gasteiger partial charge in [-0.2, -0.15) is 13.2 Å². The Morgan fingerprint density at radius 3 is 2.20 bits per heavy atom. The van der Waals surface area contributed by atoms with Crippen LogP contribution in [0.5, 0.6) is 0 Å². The third kappa shape index (κ3) is 4.43. The Labute approximate surface area is 118 Å². The predicted octanol–water partition coefficient (Wildman–Crippen LogP) is 5.33. The number of nitrogens with one attached hydrogen (secondary N) is 1. The molecule has 1 aliphatic rings. The minimum Gasteiger partial charge on any atom is -0.385 e. The van der Waals surface area contributed by atoms with Gasteiger partial charge in [0.05, 0.1) is 5.56 Å². The molecule has 0 unspecified atom stereocenters. The van der Waals surface area contributed by atoms with Gasteiger partial charge >= 0.3 is 6.18 Å². The van der Waals surface area contributed by atoms with E-state index in [1.165, 1.54) is 37.8 Å². The molecule has 1 aliphatic carbocycles. The van der Waals surface area contributed by atoms with Crippen LogP contribution in [-0.4, -0.2) is 6.54 Å². The van der Waals surface area contributed by atoms with Crippen molar-refractivity contribution in [1.82, 2.24) is 0 Å². The molecule has 0 radical (unpaired) electrons. The highest BCUT2D eigenvalue weighted by atomic mass is 19.4. The largest absolute Gasteiger partial charge is 0.416 e. The monoisotopic (exact) mass is 285 g/mol. The Morgan fingerprint density at radius 1 is 1.05 bits per heavy atom. The number of anilines is 1. The van der Waals surface area contributed by atoms with Gasteiger partial charge < -0.3 is 5.32 Å². The summed E-state index contributed by atoms with van der Waals surface area (Å²) in [6.07, 6.45) is 2.05. The number of hydrogen-bond acceptors (Lipinski definition) is 1. The first-order valence-corrected chi connectivity index (χ1v) is 7.36. The van der Waals surface area contributed by atoms with Crippen LogP contribution < -0.4 is 5.32 Å². The second kappa shape index (κ2) is 6.51.